The SMILES string of the molecule is CN(Cc1ccccc1)C(=O)c1ccc(C(N)=NO)cn1. The Morgan fingerprint density at radius 2 is 2.00 bits per heavy atom. The van der Waals surface area contributed by atoms with Crippen LogP contribution in [0.1, 0.15) is 21.6 Å². The van der Waals surface area contributed by atoms with Crippen LogP contribution < -0.4 is 5.73 Å². The normalized spacial score (nSPS) is 11.2. The average molecular weight is 284 g/mol. The standard InChI is InChI=1S/C15H16N4O2/c1-19(10-11-5-3-2-4-6-11)15(20)13-8-7-12(9-17-13)14(16)18-21/h2-9,21H,10H2,1H3,(H2,16,18). The molecule has 6 heteroatoms. The van der Waals surface area contributed by atoms with Crippen LogP contribution in [0.5, 0.6) is 0 Å². The van der Waals surface area contributed by atoms with E-state index in [-0.39, 0.29) is 11.7 Å². The summed E-state index contributed by atoms with van der Waals surface area (Å²) in [5, 5.41) is 11.5. The van der Waals surface area contributed by atoms with Gasteiger partial charge in [0.2, 0.25) is 0 Å². The van der Waals surface area contributed by atoms with Crippen molar-refractivity contribution >= 4 is 11.7 Å². The number of carbonyl (C=O) groups excluding carboxylic acids is 1. The number of carbonyl (C=O) groups is 1. The molecule has 0 unspecified atom stereocenters. The van der Waals surface area contributed by atoms with Gasteiger partial charge in [-0.05, 0) is 17.7 Å². The van der Waals surface area contributed by atoms with E-state index in [1.807, 2.05) is 30.3 Å². The fourth-order valence-corrected chi connectivity index (χ4v) is 1.85. The van der Waals surface area contributed by atoms with Crippen molar-refractivity contribution in [2.45, 2.75) is 6.54 Å². The molecule has 1 heterocycles. The molecule has 1 amide bonds. The number of amides is 1. The van der Waals surface area contributed by atoms with Gasteiger partial charge in [0.15, 0.2) is 5.84 Å². The van der Waals surface area contributed by atoms with E-state index in [1.165, 1.54) is 6.20 Å². The van der Waals surface area contributed by atoms with Crippen molar-refractivity contribution in [3.8, 4) is 0 Å². The Labute approximate surface area is 122 Å². The Morgan fingerprint density at radius 1 is 1.29 bits per heavy atom. The third kappa shape index (κ3) is 3.56. The molecule has 0 aliphatic carbocycles. The van der Waals surface area contributed by atoms with E-state index < -0.39 is 0 Å². The van der Waals surface area contributed by atoms with Crippen LogP contribution in [0.15, 0.2) is 53.8 Å². The van der Waals surface area contributed by atoms with E-state index in [0.29, 0.717) is 17.8 Å². The van der Waals surface area contributed by atoms with Gasteiger partial charge in [0, 0.05) is 25.4 Å². The topological polar surface area (TPSA) is 91.8 Å². The fourth-order valence-electron chi connectivity index (χ4n) is 1.85. The molecule has 21 heavy (non-hydrogen) atoms. The van der Waals surface area contributed by atoms with Crippen LogP contribution in [0.3, 0.4) is 0 Å². The minimum Gasteiger partial charge on any atom is -0.409 e. The van der Waals surface area contributed by atoms with Gasteiger partial charge in [0.05, 0.1) is 0 Å². The minimum absolute atomic E-state index is 0.0425. The molecule has 0 spiro atoms. The number of hydrogen-bond donors (Lipinski definition) is 2. The van der Waals surface area contributed by atoms with Crippen LogP contribution >= 0.6 is 0 Å². The van der Waals surface area contributed by atoms with Crippen LogP contribution in [-0.4, -0.2) is 33.9 Å². The molecule has 0 aliphatic heterocycles. The number of hydrogen-bond acceptors (Lipinski definition) is 4. The first-order valence-electron chi connectivity index (χ1n) is 6.35. The Balaban J connectivity index is 2.09. The van der Waals surface area contributed by atoms with Gasteiger partial charge in [-0.3, -0.25) is 9.78 Å². The Morgan fingerprint density at radius 3 is 2.57 bits per heavy atom. The van der Waals surface area contributed by atoms with Crippen LogP contribution in [0.2, 0.25) is 0 Å². The highest BCUT2D eigenvalue weighted by Gasteiger charge is 2.13. The summed E-state index contributed by atoms with van der Waals surface area (Å²) in [6.07, 6.45) is 1.40. The van der Waals surface area contributed by atoms with Crippen molar-refractivity contribution in [2.24, 2.45) is 10.9 Å². The third-order valence-electron chi connectivity index (χ3n) is 3.00. The zero-order valence-electron chi connectivity index (χ0n) is 11.6. The second-order valence-electron chi connectivity index (χ2n) is 4.56. The number of oxime groups is 1. The molecule has 3 N–H and O–H groups in total. The van der Waals surface area contributed by atoms with Gasteiger partial charge < -0.3 is 15.8 Å². The summed E-state index contributed by atoms with van der Waals surface area (Å²) in [4.78, 5) is 17.9. The van der Waals surface area contributed by atoms with Crippen LogP contribution in [0, 0.1) is 0 Å². The summed E-state index contributed by atoms with van der Waals surface area (Å²) < 4.78 is 0. The molecule has 6 nitrogen and oxygen atoms in total. The predicted molar refractivity (Wildman–Crippen MR) is 79.0 cm³/mol. The molecule has 2 aromatic rings. The number of nitrogens with zero attached hydrogens (tertiary/aromatic N) is 3. The van der Waals surface area contributed by atoms with Crippen molar-refractivity contribution in [3.63, 3.8) is 0 Å². The zero-order chi connectivity index (χ0) is 15.2. The molecule has 1 aromatic heterocycles. The number of nitrogens with two attached hydrogens (primary N) is 1. The van der Waals surface area contributed by atoms with Crippen LogP contribution in [-0.2, 0) is 6.54 Å². The number of aromatic nitrogens is 1. The zero-order valence-corrected chi connectivity index (χ0v) is 11.6. The molecule has 0 fully saturated rings. The lowest BCUT2D eigenvalue weighted by Gasteiger charge is -2.16. The largest absolute Gasteiger partial charge is 0.409 e. The summed E-state index contributed by atoms with van der Waals surface area (Å²) in [5.74, 6) is -0.232. The smallest absolute Gasteiger partial charge is 0.272 e. The van der Waals surface area contributed by atoms with E-state index >= 15 is 0 Å². The highest BCUT2D eigenvalue weighted by Crippen LogP contribution is 2.07. The lowest BCUT2D eigenvalue weighted by atomic mass is 10.2. The molecule has 0 saturated carbocycles. The van der Waals surface area contributed by atoms with Gasteiger partial charge in [0.1, 0.15) is 5.69 Å². The average Bonchev–Trinajstić information content (AvgIpc) is 2.54. The van der Waals surface area contributed by atoms with Crippen LogP contribution in [0.4, 0.5) is 0 Å². The first kappa shape index (κ1) is 14.5. The number of benzene rings is 1. The van der Waals surface area contributed by atoms with Gasteiger partial charge >= 0.3 is 0 Å². The van der Waals surface area contributed by atoms with Crippen molar-refractivity contribution in [2.75, 3.05) is 7.05 Å². The number of amidine groups is 1. The van der Waals surface area contributed by atoms with E-state index in [0.717, 1.165) is 5.56 Å². The first-order chi connectivity index (χ1) is 10.1. The van der Waals surface area contributed by atoms with Gasteiger partial charge in [-0.1, -0.05) is 35.5 Å². The molecule has 1 aromatic carbocycles. The maximum atomic E-state index is 12.3. The molecule has 0 atom stereocenters. The maximum absolute atomic E-state index is 12.3. The molecule has 0 saturated heterocycles. The highest BCUT2D eigenvalue weighted by molar-refractivity contribution is 5.98. The first-order valence-corrected chi connectivity index (χ1v) is 6.35. The molecule has 108 valence electrons. The minimum atomic E-state index is -0.190. The molecular weight excluding hydrogens is 268 g/mol. The van der Waals surface area contributed by atoms with E-state index in [2.05, 4.69) is 10.1 Å². The highest BCUT2D eigenvalue weighted by atomic mass is 16.4. The second kappa shape index (κ2) is 6.51. The molecule has 0 aliphatic rings. The monoisotopic (exact) mass is 284 g/mol. The molecule has 2 rings (SSSR count). The summed E-state index contributed by atoms with van der Waals surface area (Å²) in [6, 6.07) is 12.8. The summed E-state index contributed by atoms with van der Waals surface area (Å²) in [5.41, 5.74) is 7.26. The van der Waals surface area contributed by atoms with Crippen molar-refractivity contribution < 1.29 is 10.0 Å². The molecule has 0 bridgehead atoms. The van der Waals surface area contributed by atoms with Gasteiger partial charge in [-0.15, -0.1) is 0 Å². The summed E-state index contributed by atoms with van der Waals surface area (Å²) in [6.45, 7) is 0.503. The number of pyridine rings is 1. The van der Waals surface area contributed by atoms with E-state index in [4.69, 9.17) is 10.9 Å². The maximum Gasteiger partial charge on any atom is 0.272 e. The van der Waals surface area contributed by atoms with Gasteiger partial charge in [-0.2, -0.15) is 0 Å². The van der Waals surface area contributed by atoms with E-state index in [9.17, 15) is 4.79 Å². The van der Waals surface area contributed by atoms with Gasteiger partial charge in [0.25, 0.3) is 5.91 Å². The van der Waals surface area contributed by atoms with Crippen molar-refractivity contribution in [1.29, 1.82) is 0 Å². The summed E-state index contributed by atoms with van der Waals surface area (Å²) in [7, 11) is 1.72. The number of rotatable bonds is 4. The molecule has 0 radical (unpaired) electrons. The van der Waals surface area contributed by atoms with Crippen molar-refractivity contribution in [3.05, 3.63) is 65.5 Å². The quantitative estimate of drug-likeness (QED) is 0.385. The fraction of sp³-hybridized carbons (Fsp3) is 0.133. The predicted octanol–water partition coefficient (Wildman–Crippen LogP) is 1.45. The van der Waals surface area contributed by atoms with E-state index in [1.54, 1.807) is 24.1 Å². The van der Waals surface area contributed by atoms with Crippen molar-refractivity contribution in [1.82, 2.24) is 9.88 Å². The Bertz CT molecular complexity index is 638. The Hall–Kier alpha value is -2.89. The lowest BCUT2D eigenvalue weighted by Crippen LogP contribution is -2.27. The second-order valence-corrected chi connectivity index (χ2v) is 4.56. The molecular formula is C15H16N4O2. The Kier molecular flexibility index (Phi) is 4.50. The summed E-state index contributed by atoms with van der Waals surface area (Å²) >= 11 is 0. The van der Waals surface area contributed by atoms with Gasteiger partial charge in [-0.25, -0.2) is 0 Å². The third-order valence-corrected chi connectivity index (χ3v) is 3.00. The lowest BCUT2D eigenvalue weighted by molar-refractivity contribution is 0.0779. The van der Waals surface area contributed by atoms with Crippen LogP contribution in [0.25, 0.3) is 0 Å².